The zero-order chi connectivity index (χ0) is 19.3. The third-order valence-corrected chi connectivity index (χ3v) is 7.43. The van der Waals surface area contributed by atoms with Crippen molar-refractivity contribution in [1.82, 2.24) is 9.62 Å². The summed E-state index contributed by atoms with van der Waals surface area (Å²) in [6.45, 7) is 3.24. The van der Waals surface area contributed by atoms with Crippen molar-refractivity contribution in [2.24, 2.45) is 0 Å². The number of hydrogen-bond acceptors (Lipinski definition) is 4. The summed E-state index contributed by atoms with van der Waals surface area (Å²) in [5, 5.41) is 1.98. The van der Waals surface area contributed by atoms with Crippen LogP contribution in [0.3, 0.4) is 0 Å². The van der Waals surface area contributed by atoms with Crippen LogP contribution < -0.4 is 4.72 Å². The third kappa shape index (κ3) is 4.97. The van der Waals surface area contributed by atoms with Crippen molar-refractivity contribution >= 4 is 27.3 Å². The summed E-state index contributed by atoms with van der Waals surface area (Å²) in [6.07, 6.45) is 4.86. The fraction of sp³-hybridized carbons (Fsp3) is 0.450. The molecule has 1 atom stereocenters. The largest absolute Gasteiger partial charge is 0.336 e. The van der Waals surface area contributed by atoms with Gasteiger partial charge in [0.05, 0.1) is 4.90 Å². The Morgan fingerprint density at radius 2 is 2.00 bits per heavy atom. The molecule has 1 aromatic heterocycles. The minimum Gasteiger partial charge on any atom is -0.336 e. The number of sulfonamides is 1. The Labute approximate surface area is 165 Å². The smallest absolute Gasteiger partial charge is 0.254 e. The molecule has 146 valence electrons. The van der Waals surface area contributed by atoms with Crippen LogP contribution in [0.15, 0.2) is 46.7 Å². The van der Waals surface area contributed by atoms with E-state index >= 15 is 0 Å². The number of nitrogens with zero attached hydrogens (tertiary/aromatic N) is 1. The van der Waals surface area contributed by atoms with Gasteiger partial charge in [0, 0.05) is 29.6 Å². The Balaban J connectivity index is 1.64. The molecule has 0 aliphatic carbocycles. The average Bonchev–Trinajstić information content (AvgIpc) is 3.21. The lowest BCUT2D eigenvalue weighted by atomic mass is 9.99. The lowest BCUT2D eigenvalue weighted by Crippen LogP contribution is -2.43. The second-order valence-electron chi connectivity index (χ2n) is 6.81. The predicted molar refractivity (Wildman–Crippen MR) is 109 cm³/mol. The van der Waals surface area contributed by atoms with Crippen molar-refractivity contribution in [2.45, 2.75) is 50.0 Å². The van der Waals surface area contributed by atoms with Gasteiger partial charge in [0.25, 0.3) is 5.91 Å². The minimum absolute atomic E-state index is 0.00356. The Morgan fingerprint density at radius 3 is 2.67 bits per heavy atom. The molecule has 1 aromatic carbocycles. The number of carbonyl (C=O) groups excluding carboxylic acids is 1. The monoisotopic (exact) mass is 406 g/mol. The van der Waals surface area contributed by atoms with E-state index in [1.54, 1.807) is 23.5 Å². The SMILES string of the molecule is CC[C@@H]1CCCCN1C(=O)c1ccc(S(=O)(=O)NCCc2cccs2)cc1. The molecule has 0 spiro atoms. The highest BCUT2D eigenvalue weighted by Crippen LogP contribution is 2.22. The van der Waals surface area contributed by atoms with Crippen LogP contribution in [0.2, 0.25) is 0 Å². The number of likely N-dealkylation sites (tertiary alicyclic amines) is 1. The normalized spacial score (nSPS) is 17.8. The molecule has 5 nitrogen and oxygen atoms in total. The van der Waals surface area contributed by atoms with E-state index in [0.29, 0.717) is 18.5 Å². The highest BCUT2D eigenvalue weighted by atomic mass is 32.2. The first-order valence-electron chi connectivity index (χ1n) is 9.44. The molecule has 2 aromatic rings. The van der Waals surface area contributed by atoms with E-state index in [2.05, 4.69) is 11.6 Å². The maximum absolute atomic E-state index is 12.8. The first-order chi connectivity index (χ1) is 13.0. The van der Waals surface area contributed by atoms with Crippen molar-refractivity contribution in [1.29, 1.82) is 0 Å². The maximum Gasteiger partial charge on any atom is 0.254 e. The molecule has 0 saturated carbocycles. The van der Waals surface area contributed by atoms with Crippen molar-refractivity contribution in [3.05, 3.63) is 52.2 Å². The van der Waals surface area contributed by atoms with E-state index in [0.717, 1.165) is 37.1 Å². The zero-order valence-corrected chi connectivity index (χ0v) is 17.2. The molecule has 1 fully saturated rings. The number of benzene rings is 1. The van der Waals surface area contributed by atoms with E-state index in [-0.39, 0.29) is 16.8 Å². The van der Waals surface area contributed by atoms with Crippen molar-refractivity contribution in [3.8, 4) is 0 Å². The fourth-order valence-corrected chi connectivity index (χ4v) is 5.22. The van der Waals surface area contributed by atoms with E-state index in [4.69, 9.17) is 0 Å². The molecule has 27 heavy (non-hydrogen) atoms. The number of carbonyl (C=O) groups is 1. The summed E-state index contributed by atoms with van der Waals surface area (Å²) in [5.41, 5.74) is 0.549. The number of hydrogen-bond donors (Lipinski definition) is 1. The Bertz CT molecular complexity index is 846. The van der Waals surface area contributed by atoms with Gasteiger partial charge in [-0.05, 0) is 67.8 Å². The molecule has 0 radical (unpaired) electrons. The van der Waals surface area contributed by atoms with Crippen molar-refractivity contribution < 1.29 is 13.2 Å². The average molecular weight is 407 g/mol. The number of nitrogens with one attached hydrogen (secondary N) is 1. The molecule has 2 heterocycles. The lowest BCUT2D eigenvalue weighted by Gasteiger charge is -2.35. The van der Waals surface area contributed by atoms with Crippen molar-refractivity contribution in [2.75, 3.05) is 13.1 Å². The topological polar surface area (TPSA) is 66.5 Å². The standard InChI is InChI=1S/C20H26N2O3S2/c1-2-17-6-3-4-14-22(17)20(23)16-8-10-19(11-9-16)27(24,25)21-13-12-18-7-5-15-26-18/h5,7-11,15,17,21H,2-4,6,12-14H2,1H3/t17-/m1/s1. The molecule has 7 heteroatoms. The van der Waals surface area contributed by atoms with Gasteiger partial charge in [-0.3, -0.25) is 4.79 Å². The van der Waals surface area contributed by atoms with Crippen molar-refractivity contribution in [3.63, 3.8) is 0 Å². The van der Waals surface area contributed by atoms with E-state index < -0.39 is 10.0 Å². The summed E-state index contributed by atoms with van der Waals surface area (Å²) >= 11 is 1.61. The number of thiophene rings is 1. The quantitative estimate of drug-likeness (QED) is 0.763. The van der Waals surface area contributed by atoms with Gasteiger partial charge in [0.2, 0.25) is 10.0 Å². The van der Waals surface area contributed by atoms with Gasteiger partial charge in [0.15, 0.2) is 0 Å². The van der Waals surface area contributed by atoms with Crippen LogP contribution >= 0.6 is 11.3 Å². The van der Waals surface area contributed by atoms with Gasteiger partial charge in [-0.15, -0.1) is 11.3 Å². The zero-order valence-electron chi connectivity index (χ0n) is 15.6. The van der Waals surface area contributed by atoms with Gasteiger partial charge in [-0.1, -0.05) is 13.0 Å². The molecule has 3 rings (SSSR count). The highest BCUT2D eigenvalue weighted by molar-refractivity contribution is 7.89. The molecule has 1 N–H and O–H groups in total. The molecular formula is C20H26N2O3S2. The van der Waals surface area contributed by atoms with Crippen LogP contribution in [0.4, 0.5) is 0 Å². The Hall–Kier alpha value is -1.70. The van der Waals surface area contributed by atoms with Gasteiger partial charge in [-0.25, -0.2) is 13.1 Å². The van der Waals surface area contributed by atoms with Gasteiger partial charge < -0.3 is 4.90 Å². The minimum atomic E-state index is -3.57. The molecule has 1 amide bonds. The Kier molecular flexibility index (Phi) is 6.68. The third-order valence-electron chi connectivity index (χ3n) is 5.01. The first-order valence-corrected chi connectivity index (χ1v) is 11.8. The van der Waals surface area contributed by atoms with Gasteiger partial charge in [-0.2, -0.15) is 0 Å². The molecule has 1 aliphatic rings. The predicted octanol–water partition coefficient (Wildman–Crippen LogP) is 3.67. The second kappa shape index (κ2) is 8.99. The van der Waals surface area contributed by atoms with E-state index in [1.165, 1.54) is 12.1 Å². The summed E-state index contributed by atoms with van der Waals surface area (Å²) in [5.74, 6) is -0.00356. The molecule has 0 unspecified atom stereocenters. The summed E-state index contributed by atoms with van der Waals surface area (Å²) in [7, 11) is -3.57. The molecule has 1 saturated heterocycles. The van der Waals surface area contributed by atoms with Crippen LogP contribution in [0.1, 0.15) is 47.8 Å². The summed E-state index contributed by atoms with van der Waals surface area (Å²) < 4.78 is 27.5. The molecule has 1 aliphatic heterocycles. The lowest BCUT2D eigenvalue weighted by molar-refractivity contribution is 0.0608. The Morgan fingerprint density at radius 1 is 1.22 bits per heavy atom. The van der Waals surface area contributed by atoms with E-state index in [9.17, 15) is 13.2 Å². The first kappa shape index (κ1) is 20.0. The number of amides is 1. The second-order valence-corrected chi connectivity index (χ2v) is 9.61. The van der Waals surface area contributed by atoms with Gasteiger partial charge >= 0.3 is 0 Å². The molecule has 0 bridgehead atoms. The number of piperidine rings is 1. The number of rotatable bonds is 7. The maximum atomic E-state index is 12.8. The molecular weight excluding hydrogens is 380 g/mol. The van der Waals surface area contributed by atoms with Gasteiger partial charge in [0.1, 0.15) is 0 Å². The van der Waals surface area contributed by atoms with Crippen LogP contribution in [0, 0.1) is 0 Å². The van der Waals surface area contributed by atoms with E-state index in [1.807, 2.05) is 22.4 Å². The highest BCUT2D eigenvalue weighted by Gasteiger charge is 2.26. The van der Waals surface area contributed by atoms with Crippen LogP contribution in [0.5, 0.6) is 0 Å². The van der Waals surface area contributed by atoms with Crippen LogP contribution in [-0.4, -0.2) is 38.4 Å². The fourth-order valence-electron chi connectivity index (χ4n) is 3.48. The van der Waals surface area contributed by atoms with Crippen LogP contribution in [-0.2, 0) is 16.4 Å². The summed E-state index contributed by atoms with van der Waals surface area (Å²) in [4.78, 5) is 16.1. The summed E-state index contributed by atoms with van der Waals surface area (Å²) in [6, 6.07) is 10.5. The van der Waals surface area contributed by atoms with Crippen LogP contribution in [0.25, 0.3) is 0 Å².